The lowest BCUT2D eigenvalue weighted by Crippen LogP contribution is -2.46. The summed E-state index contributed by atoms with van der Waals surface area (Å²) in [5.74, 6) is 0. The third-order valence-electron chi connectivity index (χ3n) is 5.09. The topological polar surface area (TPSA) is 49.8 Å². The van der Waals surface area contributed by atoms with E-state index in [1.807, 2.05) is 45.0 Å². The van der Waals surface area contributed by atoms with Crippen molar-refractivity contribution in [2.75, 3.05) is 13.1 Å². The van der Waals surface area contributed by atoms with Crippen LogP contribution in [0.3, 0.4) is 0 Å². The Balaban J connectivity index is 1.72. The maximum atomic E-state index is 12.2. The molecule has 0 saturated carbocycles. The summed E-state index contributed by atoms with van der Waals surface area (Å²) < 4.78 is 5.44. The highest BCUT2D eigenvalue weighted by molar-refractivity contribution is 5.69. The molecule has 0 radical (unpaired) electrons. The number of aryl methyl sites for hydroxylation is 1. The third-order valence-corrected chi connectivity index (χ3v) is 5.09. The van der Waals surface area contributed by atoms with Crippen molar-refractivity contribution in [3.63, 3.8) is 0 Å². The van der Waals surface area contributed by atoms with Crippen LogP contribution in [0.4, 0.5) is 4.79 Å². The molecule has 1 saturated heterocycles. The SMILES string of the molecule is Cc1cc(C2(O)CCN(C(=O)OC(C)(C)C)CC2)ccc1-c1ccccc1. The standard InChI is InChI=1S/C23H29NO3/c1-17-16-19(10-11-20(17)18-8-6-5-7-9-18)23(26)12-14-24(15-13-23)21(25)27-22(2,3)4/h5-11,16,26H,12-15H2,1-4H3. The molecule has 4 heteroatoms. The van der Waals surface area contributed by atoms with Crippen LogP contribution in [-0.2, 0) is 10.3 Å². The summed E-state index contributed by atoms with van der Waals surface area (Å²) >= 11 is 0. The Morgan fingerprint density at radius 1 is 1.07 bits per heavy atom. The Kier molecular flexibility index (Phi) is 5.29. The molecule has 1 N–H and O–H groups in total. The van der Waals surface area contributed by atoms with Gasteiger partial charge in [-0.05, 0) is 62.8 Å². The number of carbonyl (C=O) groups excluding carboxylic acids is 1. The number of aliphatic hydroxyl groups is 1. The van der Waals surface area contributed by atoms with Gasteiger partial charge in [0.1, 0.15) is 5.60 Å². The second kappa shape index (κ2) is 7.35. The third kappa shape index (κ3) is 4.51. The number of carbonyl (C=O) groups is 1. The number of hydrogen-bond acceptors (Lipinski definition) is 3. The molecule has 2 aromatic rings. The average Bonchev–Trinajstić information content (AvgIpc) is 2.61. The lowest BCUT2D eigenvalue weighted by atomic mass is 9.83. The van der Waals surface area contributed by atoms with E-state index in [-0.39, 0.29) is 6.09 Å². The fourth-order valence-electron chi connectivity index (χ4n) is 3.57. The number of ether oxygens (including phenoxy) is 1. The molecule has 0 aliphatic carbocycles. The molecule has 2 aromatic carbocycles. The molecule has 0 spiro atoms. The molecular weight excluding hydrogens is 338 g/mol. The van der Waals surface area contributed by atoms with Crippen molar-refractivity contribution in [3.8, 4) is 11.1 Å². The zero-order valence-electron chi connectivity index (χ0n) is 16.7. The summed E-state index contributed by atoms with van der Waals surface area (Å²) in [5.41, 5.74) is 3.00. The van der Waals surface area contributed by atoms with E-state index in [1.54, 1.807) is 4.90 Å². The Morgan fingerprint density at radius 2 is 1.70 bits per heavy atom. The molecule has 27 heavy (non-hydrogen) atoms. The minimum absolute atomic E-state index is 0.305. The first-order valence-electron chi connectivity index (χ1n) is 9.55. The Labute approximate surface area is 161 Å². The van der Waals surface area contributed by atoms with Crippen molar-refractivity contribution in [1.29, 1.82) is 0 Å². The van der Waals surface area contributed by atoms with Gasteiger partial charge in [-0.25, -0.2) is 4.79 Å². The monoisotopic (exact) mass is 367 g/mol. The molecular formula is C23H29NO3. The largest absolute Gasteiger partial charge is 0.444 e. The van der Waals surface area contributed by atoms with Crippen LogP contribution in [-0.4, -0.2) is 34.8 Å². The van der Waals surface area contributed by atoms with Gasteiger partial charge in [0.2, 0.25) is 0 Å². The van der Waals surface area contributed by atoms with Crippen molar-refractivity contribution >= 4 is 6.09 Å². The van der Waals surface area contributed by atoms with E-state index < -0.39 is 11.2 Å². The van der Waals surface area contributed by atoms with Crippen molar-refractivity contribution in [1.82, 2.24) is 4.90 Å². The summed E-state index contributed by atoms with van der Waals surface area (Å²) in [5, 5.41) is 11.2. The summed E-state index contributed by atoms with van der Waals surface area (Å²) in [7, 11) is 0. The highest BCUT2D eigenvalue weighted by Crippen LogP contribution is 2.35. The lowest BCUT2D eigenvalue weighted by Gasteiger charge is -2.39. The van der Waals surface area contributed by atoms with Gasteiger partial charge < -0.3 is 14.7 Å². The zero-order chi connectivity index (χ0) is 19.7. The van der Waals surface area contributed by atoms with Gasteiger partial charge in [0.15, 0.2) is 0 Å². The second-order valence-corrected chi connectivity index (χ2v) is 8.39. The van der Waals surface area contributed by atoms with Crippen molar-refractivity contribution in [2.24, 2.45) is 0 Å². The molecule has 1 aliphatic heterocycles. The molecule has 4 nitrogen and oxygen atoms in total. The van der Waals surface area contributed by atoms with Gasteiger partial charge >= 0.3 is 6.09 Å². The minimum atomic E-state index is -0.904. The van der Waals surface area contributed by atoms with E-state index in [0.29, 0.717) is 25.9 Å². The Morgan fingerprint density at radius 3 is 2.26 bits per heavy atom. The van der Waals surface area contributed by atoms with Crippen molar-refractivity contribution < 1.29 is 14.6 Å². The first kappa shape index (κ1) is 19.4. The molecule has 0 bridgehead atoms. The normalized spacial score (nSPS) is 16.9. The van der Waals surface area contributed by atoms with Crippen molar-refractivity contribution in [2.45, 2.75) is 51.7 Å². The molecule has 3 rings (SSSR count). The summed E-state index contributed by atoms with van der Waals surface area (Å²) in [4.78, 5) is 13.9. The van der Waals surface area contributed by atoms with Gasteiger partial charge in [0, 0.05) is 13.1 Å². The van der Waals surface area contributed by atoms with Crippen LogP contribution in [0.2, 0.25) is 0 Å². The second-order valence-electron chi connectivity index (χ2n) is 8.39. The van der Waals surface area contributed by atoms with Gasteiger partial charge in [-0.3, -0.25) is 0 Å². The molecule has 1 amide bonds. The maximum Gasteiger partial charge on any atom is 0.410 e. The number of nitrogens with zero attached hydrogens (tertiary/aromatic N) is 1. The van der Waals surface area contributed by atoms with Gasteiger partial charge in [-0.1, -0.05) is 48.5 Å². The predicted molar refractivity (Wildman–Crippen MR) is 108 cm³/mol. The molecule has 1 aliphatic rings. The van der Waals surface area contributed by atoms with Gasteiger partial charge in [0.25, 0.3) is 0 Å². The van der Waals surface area contributed by atoms with Crippen LogP contribution in [0.25, 0.3) is 11.1 Å². The number of hydrogen-bond donors (Lipinski definition) is 1. The van der Waals surface area contributed by atoms with Crippen molar-refractivity contribution in [3.05, 3.63) is 59.7 Å². The van der Waals surface area contributed by atoms with E-state index in [2.05, 4.69) is 31.2 Å². The first-order valence-corrected chi connectivity index (χ1v) is 9.55. The summed E-state index contributed by atoms with van der Waals surface area (Å²) in [6.45, 7) is 8.65. The molecule has 144 valence electrons. The fraction of sp³-hybridized carbons (Fsp3) is 0.435. The number of likely N-dealkylation sites (tertiary alicyclic amines) is 1. The van der Waals surface area contributed by atoms with Gasteiger partial charge in [-0.2, -0.15) is 0 Å². The first-order chi connectivity index (χ1) is 12.7. The predicted octanol–water partition coefficient (Wildman–Crippen LogP) is 4.88. The molecule has 0 atom stereocenters. The van der Waals surface area contributed by atoms with Crippen LogP contribution < -0.4 is 0 Å². The minimum Gasteiger partial charge on any atom is -0.444 e. The van der Waals surface area contributed by atoms with Crippen LogP contribution >= 0.6 is 0 Å². The Bertz CT molecular complexity index is 800. The van der Waals surface area contributed by atoms with E-state index in [9.17, 15) is 9.90 Å². The molecule has 0 unspecified atom stereocenters. The smallest absolute Gasteiger partial charge is 0.410 e. The van der Waals surface area contributed by atoms with Gasteiger partial charge in [-0.15, -0.1) is 0 Å². The number of benzene rings is 2. The number of amides is 1. The maximum absolute atomic E-state index is 12.2. The van der Waals surface area contributed by atoms with Crippen LogP contribution in [0.1, 0.15) is 44.7 Å². The zero-order valence-corrected chi connectivity index (χ0v) is 16.7. The van der Waals surface area contributed by atoms with Crippen LogP contribution in [0.5, 0.6) is 0 Å². The van der Waals surface area contributed by atoms with E-state index in [1.165, 1.54) is 11.1 Å². The molecule has 0 aromatic heterocycles. The summed E-state index contributed by atoms with van der Waals surface area (Å²) in [6, 6.07) is 16.4. The van der Waals surface area contributed by atoms with E-state index >= 15 is 0 Å². The lowest BCUT2D eigenvalue weighted by molar-refractivity contribution is -0.0356. The highest BCUT2D eigenvalue weighted by atomic mass is 16.6. The Hall–Kier alpha value is -2.33. The number of piperidine rings is 1. The highest BCUT2D eigenvalue weighted by Gasteiger charge is 2.36. The fourth-order valence-corrected chi connectivity index (χ4v) is 3.57. The molecule has 1 fully saturated rings. The molecule has 1 heterocycles. The van der Waals surface area contributed by atoms with Crippen LogP contribution in [0.15, 0.2) is 48.5 Å². The van der Waals surface area contributed by atoms with E-state index in [0.717, 1.165) is 11.1 Å². The van der Waals surface area contributed by atoms with E-state index in [4.69, 9.17) is 4.74 Å². The quantitative estimate of drug-likeness (QED) is 0.823. The van der Waals surface area contributed by atoms with Crippen LogP contribution in [0, 0.1) is 6.92 Å². The average molecular weight is 367 g/mol. The summed E-state index contributed by atoms with van der Waals surface area (Å²) in [6.07, 6.45) is 0.715. The van der Waals surface area contributed by atoms with Gasteiger partial charge in [0.05, 0.1) is 5.60 Å². The number of rotatable bonds is 2.